The summed E-state index contributed by atoms with van der Waals surface area (Å²) in [4.78, 5) is 21.0. The topological polar surface area (TPSA) is 60.3 Å². The number of carbonyl (C=O) groups excluding carboxylic acids is 2. The van der Waals surface area contributed by atoms with Crippen LogP contribution in [0.3, 0.4) is 0 Å². The molecule has 0 aromatic rings. The summed E-state index contributed by atoms with van der Waals surface area (Å²) in [6.07, 6.45) is 0. The predicted octanol–water partition coefficient (Wildman–Crippen LogP) is -1.36. The molecule has 1 aliphatic rings. The van der Waals surface area contributed by atoms with Gasteiger partial charge < -0.3 is 0 Å². The van der Waals surface area contributed by atoms with Crippen molar-refractivity contribution in [2.45, 2.75) is 13.0 Å². The first-order chi connectivity index (χ1) is 4.20. The molecule has 2 amide bonds. The Morgan fingerprint density at radius 1 is 1.67 bits per heavy atom. The summed E-state index contributed by atoms with van der Waals surface area (Å²) in [5, 5.41) is 5.89. The predicted molar refractivity (Wildman–Crippen MR) is 29.6 cm³/mol. The summed E-state index contributed by atoms with van der Waals surface area (Å²) < 4.78 is 0. The number of piperazine rings is 1. The fourth-order valence-electron chi connectivity index (χ4n) is 0.584. The normalized spacial score (nSPS) is 27.9. The minimum absolute atomic E-state index is 0.118. The Bertz CT molecular complexity index is 155. The molecule has 1 fully saturated rings. The van der Waals surface area contributed by atoms with Crippen molar-refractivity contribution in [3.8, 4) is 0 Å². The Hall–Kier alpha value is -0.900. The largest absolute Gasteiger partial charge is 0.294 e. The van der Waals surface area contributed by atoms with Crippen LogP contribution in [0.15, 0.2) is 0 Å². The van der Waals surface area contributed by atoms with E-state index in [1.165, 1.54) is 0 Å². The van der Waals surface area contributed by atoms with Crippen LogP contribution in [-0.4, -0.2) is 24.4 Å². The second-order valence-electron chi connectivity index (χ2n) is 1.93. The lowest BCUT2D eigenvalue weighted by Gasteiger charge is -2.15. The number of hydrogen-bond acceptors (Lipinski definition) is 2. The zero-order valence-corrected chi connectivity index (χ0v) is 5.05. The Morgan fingerprint density at radius 3 is 2.78 bits per heavy atom. The van der Waals surface area contributed by atoms with Gasteiger partial charge in [-0.1, -0.05) is 0 Å². The van der Waals surface area contributed by atoms with Crippen LogP contribution in [0.25, 0.3) is 0 Å². The van der Waals surface area contributed by atoms with Crippen molar-refractivity contribution < 1.29 is 9.59 Å². The first-order valence-electron chi connectivity index (χ1n) is 2.70. The van der Waals surface area contributed by atoms with E-state index < -0.39 is 0 Å². The molecule has 49 valence electrons. The minimum Gasteiger partial charge on any atom is -0.294 e. The van der Waals surface area contributed by atoms with E-state index in [0.29, 0.717) is 0 Å². The smallest absolute Gasteiger partial charge is 0.245 e. The highest BCUT2D eigenvalue weighted by molar-refractivity contribution is 6.00. The van der Waals surface area contributed by atoms with Gasteiger partial charge in [0.05, 0.1) is 6.54 Å². The molecule has 4 heteroatoms. The van der Waals surface area contributed by atoms with Gasteiger partial charge >= 0.3 is 0 Å². The van der Waals surface area contributed by atoms with Crippen LogP contribution >= 0.6 is 0 Å². The summed E-state index contributed by atoms with van der Waals surface area (Å²) in [7, 11) is 0. The van der Waals surface area contributed by atoms with Gasteiger partial charge in [0, 0.05) is 0 Å². The van der Waals surface area contributed by atoms with Gasteiger partial charge in [-0.25, -0.2) is 5.32 Å². The maximum absolute atomic E-state index is 10.6. The average molecular weight is 127 g/mol. The molecule has 0 bridgehead atoms. The molecule has 4 nitrogen and oxygen atoms in total. The van der Waals surface area contributed by atoms with Crippen LogP contribution in [0, 0.1) is 0 Å². The maximum Gasteiger partial charge on any atom is 0.245 e. The molecule has 1 saturated heterocycles. The van der Waals surface area contributed by atoms with Gasteiger partial charge in [-0.2, -0.15) is 0 Å². The number of carbonyl (C=O) groups is 2. The number of nitrogens with one attached hydrogen (secondary N) is 1. The first-order valence-corrected chi connectivity index (χ1v) is 2.70. The number of nitrogens with zero attached hydrogens (tertiary/aromatic N) is 1. The Morgan fingerprint density at radius 2 is 2.33 bits per heavy atom. The zero-order chi connectivity index (χ0) is 6.85. The van der Waals surface area contributed by atoms with Gasteiger partial charge in [-0.05, 0) is 6.92 Å². The van der Waals surface area contributed by atoms with Gasteiger partial charge in [0.25, 0.3) is 0 Å². The van der Waals surface area contributed by atoms with Crippen molar-refractivity contribution in [3.63, 3.8) is 0 Å². The third kappa shape index (κ3) is 1.26. The van der Waals surface area contributed by atoms with Crippen molar-refractivity contribution in [3.05, 3.63) is 0 Å². The van der Waals surface area contributed by atoms with Crippen LogP contribution < -0.4 is 10.6 Å². The lowest BCUT2D eigenvalue weighted by Crippen LogP contribution is -2.51. The Labute approximate surface area is 52.6 Å². The number of amides is 2. The van der Waals surface area contributed by atoms with Crippen LogP contribution in [0.1, 0.15) is 6.92 Å². The highest BCUT2D eigenvalue weighted by atomic mass is 16.2. The van der Waals surface area contributed by atoms with Crippen molar-refractivity contribution in [1.29, 1.82) is 0 Å². The van der Waals surface area contributed by atoms with Crippen molar-refractivity contribution >= 4 is 11.8 Å². The summed E-state index contributed by atoms with van der Waals surface area (Å²) >= 11 is 0. The van der Waals surface area contributed by atoms with Crippen molar-refractivity contribution in [2.75, 3.05) is 6.54 Å². The summed E-state index contributed by atoms with van der Waals surface area (Å²) in [5.74, 6) is -0.607. The highest BCUT2D eigenvalue weighted by Crippen LogP contribution is 1.88. The molecule has 1 atom stereocenters. The van der Waals surface area contributed by atoms with E-state index in [1.54, 1.807) is 6.92 Å². The van der Waals surface area contributed by atoms with Gasteiger partial charge in [0.15, 0.2) is 0 Å². The van der Waals surface area contributed by atoms with Gasteiger partial charge in [-0.3, -0.25) is 14.9 Å². The Balaban J connectivity index is 2.54. The van der Waals surface area contributed by atoms with Gasteiger partial charge in [0.2, 0.25) is 11.8 Å². The van der Waals surface area contributed by atoms with Crippen molar-refractivity contribution in [1.82, 2.24) is 10.6 Å². The average Bonchev–Trinajstić information content (AvgIpc) is 1.80. The molecule has 1 unspecified atom stereocenters. The van der Waals surface area contributed by atoms with Crippen LogP contribution in [0.5, 0.6) is 0 Å². The molecule has 0 spiro atoms. The molecule has 0 aromatic carbocycles. The number of hydrogen-bond donors (Lipinski definition) is 1. The van der Waals surface area contributed by atoms with Crippen LogP contribution in [0.4, 0.5) is 0 Å². The van der Waals surface area contributed by atoms with Crippen LogP contribution in [0.2, 0.25) is 0 Å². The Kier molecular flexibility index (Phi) is 1.48. The van der Waals surface area contributed by atoms with Gasteiger partial charge in [0.1, 0.15) is 6.04 Å². The SMILES string of the molecule is CC1[N]CC(=O)NC1=O. The van der Waals surface area contributed by atoms with Crippen molar-refractivity contribution in [2.24, 2.45) is 0 Å². The molecule has 0 saturated carbocycles. The summed E-state index contributed by atoms with van der Waals surface area (Å²) in [6, 6.07) is -0.359. The summed E-state index contributed by atoms with van der Waals surface area (Å²) in [5.41, 5.74) is 0. The molecule has 1 N–H and O–H groups in total. The standard InChI is InChI=1S/C5H7N2O2/c1-3-5(9)7-4(8)2-6-3/h3H,2H2,1H3,(H,7,8,9). The molecule has 0 aliphatic carbocycles. The molecule has 9 heavy (non-hydrogen) atoms. The second kappa shape index (κ2) is 2.14. The second-order valence-corrected chi connectivity index (χ2v) is 1.93. The third-order valence-corrected chi connectivity index (χ3v) is 1.15. The van der Waals surface area contributed by atoms with Crippen LogP contribution in [-0.2, 0) is 9.59 Å². The molecule has 1 rings (SSSR count). The monoisotopic (exact) mass is 127 g/mol. The summed E-state index contributed by atoms with van der Waals surface area (Å²) in [6.45, 7) is 1.77. The van der Waals surface area contributed by atoms with E-state index in [0.717, 1.165) is 0 Å². The first kappa shape index (κ1) is 6.22. The minimum atomic E-state index is -0.359. The quantitative estimate of drug-likeness (QED) is 0.408. The van der Waals surface area contributed by atoms with E-state index in [2.05, 4.69) is 10.6 Å². The van der Waals surface area contributed by atoms with E-state index in [-0.39, 0.29) is 24.4 Å². The molecule has 1 aliphatic heterocycles. The fourth-order valence-corrected chi connectivity index (χ4v) is 0.584. The number of rotatable bonds is 0. The highest BCUT2D eigenvalue weighted by Gasteiger charge is 2.22. The lowest BCUT2D eigenvalue weighted by atomic mass is 10.2. The molecule has 1 heterocycles. The lowest BCUT2D eigenvalue weighted by molar-refractivity contribution is -0.134. The maximum atomic E-state index is 10.6. The molecule has 1 radical (unpaired) electrons. The number of imide groups is 1. The molecule has 0 aromatic heterocycles. The molecular weight excluding hydrogens is 120 g/mol. The van der Waals surface area contributed by atoms with E-state index in [4.69, 9.17) is 0 Å². The fraction of sp³-hybridized carbons (Fsp3) is 0.600. The van der Waals surface area contributed by atoms with E-state index in [9.17, 15) is 9.59 Å². The van der Waals surface area contributed by atoms with Gasteiger partial charge in [-0.15, -0.1) is 0 Å². The van der Waals surface area contributed by atoms with E-state index in [1.807, 2.05) is 0 Å². The van der Waals surface area contributed by atoms with E-state index >= 15 is 0 Å². The third-order valence-electron chi connectivity index (χ3n) is 1.15. The zero-order valence-electron chi connectivity index (χ0n) is 5.05. The molecular formula is C5H7N2O2.